The van der Waals surface area contributed by atoms with Crippen molar-refractivity contribution in [2.45, 2.75) is 23.3 Å². The molecule has 2 aromatic rings. The summed E-state index contributed by atoms with van der Waals surface area (Å²) in [6.07, 6.45) is 0.897. The molecular formula is C14H16N4O2S. The zero-order valence-electron chi connectivity index (χ0n) is 11.6. The third kappa shape index (κ3) is 3.37. The molecule has 21 heavy (non-hydrogen) atoms. The van der Waals surface area contributed by atoms with Gasteiger partial charge in [-0.1, -0.05) is 11.8 Å². The fourth-order valence-electron chi connectivity index (χ4n) is 1.98. The minimum Gasteiger partial charge on any atom is -0.490 e. The smallest absolute Gasteiger partial charge is 0.238 e. The number of hydrazine groups is 1. The monoisotopic (exact) mass is 304 g/mol. The van der Waals surface area contributed by atoms with Crippen molar-refractivity contribution < 1.29 is 9.47 Å². The molecule has 110 valence electrons. The van der Waals surface area contributed by atoms with Crippen LogP contribution in [0, 0.1) is 6.92 Å². The number of hydrogen-bond donors (Lipinski definition) is 2. The second-order valence-electron chi connectivity index (χ2n) is 4.58. The van der Waals surface area contributed by atoms with Crippen LogP contribution in [-0.2, 0) is 0 Å². The lowest BCUT2D eigenvalue weighted by Crippen LogP contribution is -2.11. The van der Waals surface area contributed by atoms with Crippen LogP contribution in [-0.4, -0.2) is 23.2 Å². The molecule has 0 saturated heterocycles. The van der Waals surface area contributed by atoms with Crippen LogP contribution in [0.15, 0.2) is 34.2 Å². The van der Waals surface area contributed by atoms with Gasteiger partial charge < -0.3 is 9.47 Å². The Hall–Kier alpha value is -1.99. The molecule has 1 aromatic heterocycles. The molecule has 1 aromatic carbocycles. The molecule has 1 aliphatic rings. The Labute approximate surface area is 127 Å². The molecular weight excluding hydrogens is 288 g/mol. The maximum atomic E-state index is 5.69. The van der Waals surface area contributed by atoms with E-state index in [2.05, 4.69) is 15.4 Å². The van der Waals surface area contributed by atoms with Crippen LogP contribution in [0.2, 0.25) is 0 Å². The molecule has 3 N–H and O–H groups in total. The SMILES string of the molecule is Cc1cc(Sc2ccc3c(c2)OCCCO3)nc(NN)n1. The summed E-state index contributed by atoms with van der Waals surface area (Å²) in [4.78, 5) is 9.52. The minimum atomic E-state index is 0.409. The molecule has 0 aliphatic carbocycles. The molecule has 0 spiro atoms. The average molecular weight is 304 g/mol. The van der Waals surface area contributed by atoms with E-state index < -0.39 is 0 Å². The first-order chi connectivity index (χ1) is 10.2. The number of hydrogen-bond acceptors (Lipinski definition) is 7. The summed E-state index contributed by atoms with van der Waals surface area (Å²) in [5.74, 6) is 7.35. The number of fused-ring (bicyclic) bond motifs is 1. The molecule has 0 saturated carbocycles. The highest BCUT2D eigenvalue weighted by molar-refractivity contribution is 7.99. The van der Waals surface area contributed by atoms with E-state index in [9.17, 15) is 0 Å². The highest BCUT2D eigenvalue weighted by Gasteiger charge is 2.12. The average Bonchev–Trinajstić information content (AvgIpc) is 2.71. The number of anilines is 1. The van der Waals surface area contributed by atoms with E-state index in [4.69, 9.17) is 15.3 Å². The van der Waals surface area contributed by atoms with Crippen molar-refractivity contribution in [1.29, 1.82) is 0 Å². The Bertz CT molecular complexity index is 651. The number of aromatic nitrogens is 2. The maximum absolute atomic E-state index is 5.69. The number of nitrogens with two attached hydrogens (primary N) is 1. The number of rotatable bonds is 3. The van der Waals surface area contributed by atoms with Crippen LogP contribution >= 0.6 is 11.8 Å². The number of benzene rings is 1. The van der Waals surface area contributed by atoms with Crippen LogP contribution in [0.1, 0.15) is 12.1 Å². The number of ether oxygens (including phenoxy) is 2. The van der Waals surface area contributed by atoms with Gasteiger partial charge in [0.15, 0.2) is 11.5 Å². The van der Waals surface area contributed by atoms with Crippen LogP contribution in [0.4, 0.5) is 5.95 Å². The molecule has 0 bridgehead atoms. The predicted molar refractivity (Wildman–Crippen MR) is 80.8 cm³/mol. The Morgan fingerprint density at radius 3 is 2.76 bits per heavy atom. The lowest BCUT2D eigenvalue weighted by Gasteiger charge is -2.09. The summed E-state index contributed by atoms with van der Waals surface area (Å²) in [7, 11) is 0. The zero-order chi connectivity index (χ0) is 14.7. The van der Waals surface area contributed by atoms with E-state index in [1.807, 2.05) is 31.2 Å². The second kappa shape index (κ2) is 6.19. The molecule has 3 rings (SSSR count). The van der Waals surface area contributed by atoms with Gasteiger partial charge in [-0.25, -0.2) is 15.8 Å². The second-order valence-corrected chi connectivity index (χ2v) is 5.67. The summed E-state index contributed by atoms with van der Waals surface area (Å²) >= 11 is 1.53. The first kappa shape index (κ1) is 14.0. The molecule has 6 nitrogen and oxygen atoms in total. The summed E-state index contributed by atoms with van der Waals surface area (Å²) in [5, 5.41) is 0.824. The zero-order valence-corrected chi connectivity index (χ0v) is 12.4. The van der Waals surface area contributed by atoms with Gasteiger partial charge >= 0.3 is 0 Å². The van der Waals surface area contributed by atoms with E-state index in [-0.39, 0.29) is 0 Å². The van der Waals surface area contributed by atoms with Crippen LogP contribution in [0.3, 0.4) is 0 Å². The fourth-order valence-corrected chi connectivity index (χ4v) is 2.89. The van der Waals surface area contributed by atoms with Gasteiger partial charge in [0.05, 0.1) is 13.2 Å². The molecule has 0 atom stereocenters. The topological polar surface area (TPSA) is 82.3 Å². The van der Waals surface area contributed by atoms with Crippen molar-refractivity contribution >= 4 is 17.7 Å². The summed E-state index contributed by atoms with van der Waals surface area (Å²) in [6.45, 7) is 3.27. The van der Waals surface area contributed by atoms with Gasteiger partial charge in [-0.3, -0.25) is 5.43 Å². The van der Waals surface area contributed by atoms with Crippen LogP contribution in [0.25, 0.3) is 0 Å². The maximum Gasteiger partial charge on any atom is 0.238 e. The largest absolute Gasteiger partial charge is 0.490 e. The normalized spacial score (nSPS) is 13.6. The molecule has 1 aliphatic heterocycles. The summed E-state index contributed by atoms with van der Waals surface area (Å²) < 4.78 is 11.3. The van der Waals surface area contributed by atoms with E-state index >= 15 is 0 Å². The van der Waals surface area contributed by atoms with Gasteiger partial charge in [-0.2, -0.15) is 0 Å². The van der Waals surface area contributed by atoms with Crippen molar-refractivity contribution in [1.82, 2.24) is 9.97 Å². The van der Waals surface area contributed by atoms with Crippen LogP contribution in [0.5, 0.6) is 11.5 Å². The third-order valence-electron chi connectivity index (χ3n) is 2.90. The molecule has 0 radical (unpaired) electrons. The van der Waals surface area contributed by atoms with E-state index in [1.54, 1.807) is 0 Å². The molecule has 0 fully saturated rings. The highest BCUT2D eigenvalue weighted by Crippen LogP contribution is 2.36. The van der Waals surface area contributed by atoms with Crippen molar-refractivity contribution in [3.8, 4) is 11.5 Å². The molecule has 0 unspecified atom stereocenters. The van der Waals surface area contributed by atoms with Gasteiger partial charge in [-0.05, 0) is 31.2 Å². The lowest BCUT2D eigenvalue weighted by atomic mass is 10.3. The number of nitrogen functional groups attached to an aromatic ring is 1. The summed E-state index contributed by atoms with van der Waals surface area (Å²) in [5.41, 5.74) is 3.33. The van der Waals surface area contributed by atoms with Gasteiger partial charge in [0.25, 0.3) is 0 Å². The van der Waals surface area contributed by atoms with Gasteiger partial charge in [-0.15, -0.1) is 0 Å². The predicted octanol–water partition coefficient (Wildman–Crippen LogP) is 2.38. The Morgan fingerprint density at radius 1 is 1.14 bits per heavy atom. The number of nitrogens with zero attached hydrogens (tertiary/aromatic N) is 2. The van der Waals surface area contributed by atoms with Crippen molar-refractivity contribution in [2.75, 3.05) is 18.6 Å². The molecule has 0 amide bonds. The summed E-state index contributed by atoms with van der Waals surface area (Å²) in [6, 6.07) is 7.80. The van der Waals surface area contributed by atoms with Gasteiger partial charge in [0, 0.05) is 17.0 Å². The highest BCUT2D eigenvalue weighted by atomic mass is 32.2. The van der Waals surface area contributed by atoms with E-state index in [0.29, 0.717) is 19.2 Å². The quantitative estimate of drug-likeness (QED) is 0.512. The third-order valence-corrected chi connectivity index (χ3v) is 3.81. The fraction of sp³-hybridized carbons (Fsp3) is 0.286. The van der Waals surface area contributed by atoms with Gasteiger partial charge in [0.1, 0.15) is 5.03 Å². The van der Waals surface area contributed by atoms with Gasteiger partial charge in [0.2, 0.25) is 5.95 Å². The number of aryl methyl sites for hydroxylation is 1. The molecule has 7 heteroatoms. The minimum absolute atomic E-state index is 0.409. The van der Waals surface area contributed by atoms with E-state index in [0.717, 1.165) is 33.5 Å². The Balaban J connectivity index is 1.85. The lowest BCUT2D eigenvalue weighted by molar-refractivity contribution is 0.297. The first-order valence-corrected chi connectivity index (χ1v) is 7.46. The van der Waals surface area contributed by atoms with Crippen molar-refractivity contribution in [2.24, 2.45) is 5.84 Å². The first-order valence-electron chi connectivity index (χ1n) is 6.64. The number of nitrogens with one attached hydrogen (secondary N) is 1. The van der Waals surface area contributed by atoms with Crippen LogP contribution < -0.4 is 20.7 Å². The Kier molecular flexibility index (Phi) is 4.12. The van der Waals surface area contributed by atoms with E-state index in [1.165, 1.54) is 11.8 Å². The standard InChI is InChI=1S/C14H16N4O2S/c1-9-7-13(17-14(16-9)18-15)21-10-3-4-11-12(8-10)20-6-2-5-19-11/h3-4,7-8H,2,5-6,15H2,1H3,(H,16,17,18). The van der Waals surface area contributed by atoms with Crippen molar-refractivity contribution in [3.05, 3.63) is 30.0 Å². The molecule has 2 heterocycles. The Morgan fingerprint density at radius 2 is 1.95 bits per heavy atom. The van der Waals surface area contributed by atoms with Crippen molar-refractivity contribution in [3.63, 3.8) is 0 Å².